The highest BCUT2D eigenvalue weighted by atomic mass is 19.4. The van der Waals surface area contributed by atoms with E-state index >= 15 is 0 Å². The molecule has 0 bridgehead atoms. The highest BCUT2D eigenvalue weighted by Gasteiger charge is 2.46. The summed E-state index contributed by atoms with van der Waals surface area (Å²) < 4.78 is 68.7. The van der Waals surface area contributed by atoms with Gasteiger partial charge in [-0.2, -0.15) is 26.3 Å². The van der Waals surface area contributed by atoms with Crippen molar-refractivity contribution in [2.45, 2.75) is 64.5 Å². The second kappa shape index (κ2) is 14.2. The molecule has 1 spiro atoms. The maximum Gasteiger partial charge on any atom is 0.490 e. The van der Waals surface area contributed by atoms with E-state index in [1.54, 1.807) is 0 Å². The third-order valence-electron chi connectivity index (χ3n) is 5.74. The summed E-state index contributed by atoms with van der Waals surface area (Å²) in [5.41, 5.74) is 1.59. The number of hydrogen-bond acceptors (Lipinski definition) is 6. The fourth-order valence-corrected chi connectivity index (χ4v) is 3.85. The first-order valence-corrected chi connectivity index (χ1v) is 11.6. The van der Waals surface area contributed by atoms with Crippen LogP contribution in [0.25, 0.3) is 0 Å². The van der Waals surface area contributed by atoms with Gasteiger partial charge in [-0.3, -0.25) is 9.88 Å². The van der Waals surface area contributed by atoms with Gasteiger partial charge in [0.15, 0.2) is 0 Å². The van der Waals surface area contributed by atoms with Gasteiger partial charge in [0, 0.05) is 18.8 Å². The Kier molecular flexibility index (Phi) is 12.3. The number of halogens is 6. The van der Waals surface area contributed by atoms with Gasteiger partial charge in [0.2, 0.25) is 0 Å². The summed E-state index contributed by atoms with van der Waals surface area (Å²) in [6, 6.07) is 6.40. The molecule has 0 unspecified atom stereocenters. The predicted octanol–water partition coefficient (Wildman–Crippen LogP) is 4.48. The van der Waals surface area contributed by atoms with Crippen LogP contribution in [0.5, 0.6) is 0 Å². The number of hydrogen-bond donors (Lipinski definition) is 3. The summed E-state index contributed by atoms with van der Waals surface area (Å²) in [7, 11) is 0. The van der Waals surface area contributed by atoms with E-state index in [2.05, 4.69) is 21.3 Å². The number of aliphatic carboxylic acids is 2. The molecule has 38 heavy (non-hydrogen) atoms. The van der Waals surface area contributed by atoms with Crippen LogP contribution in [0.1, 0.15) is 45.2 Å². The van der Waals surface area contributed by atoms with Crippen LogP contribution in [0.2, 0.25) is 0 Å². The summed E-state index contributed by atoms with van der Waals surface area (Å²) in [4.78, 5) is 36.4. The third-order valence-corrected chi connectivity index (χ3v) is 5.74. The lowest BCUT2D eigenvalue weighted by Gasteiger charge is -2.52. The standard InChI is InChI=1S/C19H29N3O2.2C2HF3O2/c1-15(2)14-24-18(23)21-17-11-19(12-17)6-9-22(10-7-19)13-16-5-3-4-8-20-16;2*3-2(4,5)1(6)7/h3-5,8,15,17H,6-7,9-14H2,1-2H3,(H,21,23);2*(H,6,7). The zero-order valence-corrected chi connectivity index (χ0v) is 20.8. The molecule has 1 amide bonds. The molecule has 9 nitrogen and oxygen atoms in total. The number of alkyl carbamates (subject to hydrolysis) is 1. The quantitative estimate of drug-likeness (QED) is 0.451. The van der Waals surface area contributed by atoms with E-state index < -0.39 is 24.3 Å². The number of ether oxygens (including phenoxy) is 1. The molecule has 1 aromatic rings. The molecule has 15 heteroatoms. The van der Waals surface area contributed by atoms with Gasteiger partial charge in [-0.25, -0.2) is 14.4 Å². The fourth-order valence-electron chi connectivity index (χ4n) is 3.85. The molecule has 1 aliphatic carbocycles. The van der Waals surface area contributed by atoms with Crippen molar-refractivity contribution >= 4 is 18.0 Å². The molecular formula is C23H31F6N3O6. The highest BCUT2D eigenvalue weighted by molar-refractivity contribution is 5.73. The van der Waals surface area contributed by atoms with Gasteiger partial charge in [0.05, 0.1) is 12.3 Å². The summed E-state index contributed by atoms with van der Waals surface area (Å²) in [5, 5.41) is 17.3. The maximum atomic E-state index is 11.7. The third kappa shape index (κ3) is 12.4. The summed E-state index contributed by atoms with van der Waals surface area (Å²) in [6.45, 7) is 7.78. The minimum absolute atomic E-state index is 0.254. The Morgan fingerprint density at radius 3 is 1.95 bits per heavy atom. The number of carbonyl (C=O) groups excluding carboxylic acids is 1. The van der Waals surface area contributed by atoms with Gasteiger partial charge >= 0.3 is 30.4 Å². The number of amides is 1. The first kappa shape index (κ1) is 32.9. The molecule has 216 valence electrons. The number of aromatic nitrogens is 1. The van der Waals surface area contributed by atoms with Gasteiger partial charge < -0.3 is 20.3 Å². The smallest absolute Gasteiger partial charge is 0.475 e. The average Bonchev–Trinajstić information content (AvgIpc) is 2.78. The van der Waals surface area contributed by atoms with E-state index in [1.807, 2.05) is 32.2 Å². The van der Waals surface area contributed by atoms with Crippen LogP contribution < -0.4 is 5.32 Å². The maximum absolute atomic E-state index is 11.7. The Morgan fingerprint density at radius 1 is 1.05 bits per heavy atom. The molecule has 0 aromatic carbocycles. The number of carboxylic acid groups (broad SMARTS) is 2. The van der Waals surface area contributed by atoms with Gasteiger partial charge in [0.1, 0.15) is 0 Å². The monoisotopic (exact) mass is 559 g/mol. The van der Waals surface area contributed by atoms with Crippen LogP contribution in [0.4, 0.5) is 31.1 Å². The second-order valence-corrected chi connectivity index (χ2v) is 9.44. The lowest BCUT2D eigenvalue weighted by molar-refractivity contribution is -0.193. The zero-order chi connectivity index (χ0) is 29.1. The van der Waals surface area contributed by atoms with Crippen molar-refractivity contribution in [3.05, 3.63) is 30.1 Å². The predicted molar refractivity (Wildman–Crippen MR) is 121 cm³/mol. The fraction of sp³-hybridized carbons (Fsp3) is 0.652. The van der Waals surface area contributed by atoms with Gasteiger partial charge in [-0.15, -0.1) is 0 Å². The average molecular weight is 560 g/mol. The van der Waals surface area contributed by atoms with Crippen molar-refractivity contribution in [3.63, 3.8) is 0 Å². The molecule has 2 aliphatic rings. The van der Waals surface area contributed by atoms with Crippen molar-refractivity contribution < 1.29 is 55.7 Å². The van der Waals surface area contributed by atoms with E-state index in [1.165, 1.54) is 12.8 Å². The summed E-state index contributed by atoms with van der Waals surface area (Å²) in [5.74, 6) is -5.13. The lowest BCUT2D eigenvalue weighted by atomic mass is 9.60. The SMILES string of the molecule is CC(C)COC(=O)NC1CC2(CCN(Cc3ccccn3)CC2)C1.O=C(O)C(F)(F)F.O=C(O)C(F)(F)F. The van der Waals surface area contributed by atoms with Crippen LogP contribution in [0.3, 0.4) is 0 Å². The Labute approximate surface area is 215 Å². The van der Waals surface area contributed by atoms with Crippen molar-refractivity contribution in [2.24, 2.45) is 11.3 Å². The molecule has 1 aliphatic heterocycles. The Balaban J connectivity index is 0.000000426. The highest BCUT2D eigenvalue weighted by Crippen LogP contribution is 2.49. The molecule has 2 fully saturated rings. The van der Waals surface area contributed by atoms with E-state index in [0.717, 1.165) is 38.2 Å². The minimum Gasteiger partial charge on any atom is -0.475 e. The first-order chi connectivity index (χ1) is 17.4. The topological polar surface area (TPSA) is 129 Å². The number of piperidine rings is 1. The minimum atomic E-state index is -5.08. The normalized spacial score (nSPS) is 17.3. The number of likely N-dealkylation sites (tertiary alicyclic amines) is 1. The van der Waals surface area contributed by atoms with Crippen LogP contribution in [0, 0.1) is 11.3 Å². The largest absolute Gasteiger partial charge is 0.490 e. The van der Waals surface area contributed by atoms with Crippen molar-refractivity contribution in [1.82, 2.24) is 15.2 Å². The number of pyridine rings is 1. The van der Waals surface area contributed by atoms with E-state index in [0.29, 0.717) is 24.0 Å². The van der Waals surface area contributed by atoms with E-state index in [4.69, 9.17) is 24.5 Å². The lowest BCUT2D eigenvalue weighted by Crippen LogP contribution is -2.54. The number of nitrogens with one attached hydrogen (secondary N) is 1. The van der Waals surface area contributed by atoms with E-state index in [-0.39, 0.29) is 6.09 Å². The Hall–Kier alpha value is -3.10. The van der Waals surface area contributed by atoms with Gasteiger partial charge in [-0.05, 0) is 62.2 Å². The molecule has 1 saturated heterocycles. The van der Waals surface area contributed by atoms with Crippen molar-refractivity contribution in [3.8, 4) is 0 Å². The molecule has 2 heterocycles. The molecule has 1 aromatic heterocycles. The second-order valence-electron chi connectivity index (χ2n) is 9.44. The van der Waals surface area contributed by atoms with Crippen LogP contribution >= 0.6 is 0 Å². The van der Waals surface area contributed by atoms with E-state index in [9.17, 15) is 31.1 Å². The van der Waals surface area contributed by atoms with Crippen molar-refractivity contribution in [2.75, 3.05) is 19.7 Å². The zero-order valence-electron chi connectivity index (χ0n) is 20.8. The van der Waals surface area contributed by atoms with Crippen LogP contribution in [0.15, 0.2) is 24.4 Å². The molecule has 3 rings (SSSR count). The number of alkyl halides is 6. The Bertz CT molecular complexity index is 871. The summed E-state index contributed by atoms with van der Waals surface area (Å²) in [6.07, 6.45) is -3.92. The Morgan fingerprint density at radius 2 is 1.55 bits per heavy atom. The molecule has 0 atom stereocenters. The van der Waals surface area contributed by atoms with Gasteiger partial charge in [-0.1, -0.05) is 19.9 Å². The summed E-state index contributed by atoms with van der Waals surface area (Å²) >= 11 is 0. The molecule has 0 radical (unpaired) electrons. The number of carbonyl (C=O) groups is 3. The van der Waals surface area contributed by atoms with Crippen molar-refractivity contribution in [1.29, 1.82) is 0 Å². The number of nitrogens with zero attached hydrogens (tertiary/aromatic N) is 2. The molecule has 3 N–H and O–H groups in total. The van der Waals surface area contributed by atoms with Gasteiger partial charge in [0.25, 0.3) is 0 Å². The number of rotatable bonds is 5. The van der Waals surface area contributed by atoms with Crippen LogP contribution in [-0.2, 0) is 20.9 Å². The first-order valence-electron chi connectivity index (χ1n) is 11.6. The number of carboxylic acids is 2. The molecular weight excluding hydrogens is 528 g/mol. The molecule has 1 saturated carbocycles. The van der Waals surface area contributed by atoms with Crippen LogP contribution in [-0.4, -0.2) is 76.2 Å².